The predicted molar refractivity (Wildman–Crippen MR) is 78.5 cm³/mol. The van der Waals surface area contributed by atoms with Gasteiger partial charge in [0.05, 0.1) is 30.0 Å². The van der Waals surface area contributed by atoms with Gasteiger partial charge in [-0.1, -0.05) is 0 Å². The molecule has 0 saturated carbocycles. The third-order valence-electron chi connectivity index (χ3n) is 3.14. The molecule has 0 aliphatic carbocycles. The van der Waals surface area contributed by atoms with Gasteiger partial charge in [0, 0.05) is 30.7 Å². The van der Waals surface area contributed by atoms with Crippen LogP contribution in [0.2, 0.25) is 0 Å². The van der Waals surface area contributed by atoms with Gasteiger partial charge in [0.1, 0.15) is 0 Å². The highest BCUT2D eigenvalue weighted by atomic mass is 32.1. The van der Waals surface area contributed by atoms with Crippen LogP contribution in [0.5, 0.6) is 0 Å². The number of nitrogens with zero attached hydrogens (tertiary/aromatic N) is 4. The van der Waals surface area contributed by atoms with Crippen molar-refractivity contribution < 1.29 is 4.79 Å². The lowest BCUT2D eigenvalue weighted by Crippen LogP contribution is -2.38. The first-order chi connectivity index (χ1) is 9.47. The normalized spacial score (nSPS) is 12.2. The number of aryl methyl sites for hydroxylation is 2. The summed E-state index contributed by atoms with van der Waals surface area (Å²) >= 11 is 1.57. The minimum atomic E-state index is -0.103. The zero-order chi connectivity index (χ0) is 14.7. The van der Waals surface area contributed by atoms with Crippen LogP contribution in [0.3, 0.4) is 0 Å². The summed E-state index contributed by atoms with van der Waals surface area (Å²) in [5.74, 6) is 0. The van der Waals surface area contributed by atoms with Gasteiger partial charge in [-0.3, -0.25) is 4.68 Å². The predicted octanol–water partition coefficient (Wildman–Crippen LogP) is 2.09. The number of rotatable bonds is 4. The van der Waals surface area contributed by atoms with Crippen molar-refractivity contribution in [1.82, 2.24) is 25.0 Å². The Balaban J connectivity index is 1.92. The average molecular weight is 293 g/mol. The van der Waals surface area contributed by atoms with Gasteiger partial charge >= 0.3 is 6.03 Å². The van der Waals surface area contributed by atoms with Crippen LogP contribution < -0.4 is 5.32 Å². The fourth-order valence-electron chi connectivity index (χ4n) is 1.81. The molecule has 2 heterocycles. The standard InChI is InChI=1S/C13H19N5OS/c1-9(11-5-15-18(4)6-11)16-13(19)17(3)7-12-10(2)14-8-20-12/h5-6,8-9H,7H2,1-4H3,(H,16,19)/t9-/m0/s1. The molecule has 2 amide bonds. The molecule has 1 atom stereocenters. The van der Waals surface area contributed by atoms with Gasteiger partial charge in [0.15, 0.2) is 0 Å². The maximum atomic E-state index is 12.1. The van der Waals surface area contributed by atoms with Crippen LogP contribution in [0.1, 0.15) is 29.1 Å². The minimum Gasteiger partial charge on any atom is -0.331 e. The maximum absolute atomic E-state index is 12.1. The number of hydrogen-bond donors (Lipinski definition) is 1. The summed E-state index contributed by atoms with van der Waals surface area (Å²) in [5.41, 5.74) is 3.77. The van der Waals surface area contributed by atoms with Crippen molar-refractivity contribution in [2.45, 2.75) is 26.4 Å². The molecule has 0 aliphatic rings. The molecule has 1 N–H and O–H groups in total. The average Bonchev–Trinajstić information content (AvgIpc) is 2.99. The Labute approximate surface area is 122 Å². The third kappa shape index (κ3) is 3.36. The smallest absolute Gasteiger partial charge is 0.317 e. The van der Waals surface area contributed by atoms with Crippen molar-refractivity contribution in [2.75, 3.05) is 7.05 Å². The SMILES string of the molecule is Cc1ncsc1CN(C)C(=O)N[C@@H](C)c1cnn(C)c1. The molecule has 0 unspecified atom stereocenters. The summed E-state index contributed by atoms with van der Waals surface area (Å²) in [6.45, 7) is 4.47. The number of hydrogen-bond acceptors (Lipinski definition) is 4. The van der Waals surface area contributed by atoms with Crippen molar-refractivity contribution in [3.8, 4) is 0 Å². The summed E-state index contributed by atoms with van der Waals surface area (Å²) in [6, 6.07) is -0.171. The van der Waals surface area contributed by atoms with Crippen LogP contribution in [0.25, 0.3) is 0 Å². The van der Waals surface area contributed by atoms with E-state index >= 15 is 0 Å². The zero-order valence-corrected chi connectivity index (χ0v) is 12.9. The molecule has 0 fully saturated rings. The minimum absolute atomic E-state index is 0.0683. The van der Waals surface area contributed by atoms with Gasteiger partial charge in [0.2, 0.25) is 0 Å². The Morgan fingerprint density at radius 2 is 2.35 bits per heavy atom. The summed E-state index contributed by atoms with van der Waals surface area (Å²) < 4.78 is 1.72. The Hall–Kier alpha value is -1.89. The number of amides is 2. The van der Waals surface area contributed by atoms with Crippen LogP contribution in [0, 0.1) is 6.92 Å². The molecular formula is C13H19N5OS. The Kier molecular flexibility index (Phi) is 4.39. The molecule has 108 valence electrons. The van der Waals surface area contributed by atoms with Crippen LogP contribution in [-0.4, -0.2) is 32.7 Å². The molecule has 2 rings (SSSR count). The van der Waals surface area contributed by atoms with E-state index in [-0.39, 0.29) is 12.1 Å². The van der Waals surface area contributed by atoms with E-state index in [0.29, 0.717) is 6.54 Å². The van der Waals surface area contributed by atoms with E-state index in [9.17, 15) is 4.79 Å². The van der Waals surface area contributed by atoms with Crippen molar-refractivity contribution in [3.63, 3.8) is 0 Å². The van der Waals surface area contributed by atoms with E-state index in [1.807, 2.05) is 27.1 Å². The summed E-state index contributed by atoms with van der Waals surface area (Å²) in [4.78, 5) is 19.1. The Morgan fingerprint density at radius 1 is 1.60 bits per heavy atom. The lowest BCUT2D eigenvalue weighted by molar-refractivity contribution is 0.204. The molecule has 0 radical (unpaired) electrons. The van der Waals surface area contributed by atoms with Gasteiger partial charge in [-0.15, -0.1) is 11.3 Å². The molecule has 2 aromatic rings. The molecule has 7 heteroatoms. The molecule has 0 saturated heterocycles. The molecule has 0 aliphatic heterocycles. The second kappa shape index (κ2) is 6.04. The monoisotopic (exact) mass is 293 g/mol. The summed E-state index contributed by atoms with van der Waals surface area (Å²) in [5, 5.41) is 7.07. The van der Waals surface area contributed by atoms with E-state index in [0.717, 1.165) is 16.1 Å². The highest BCUT2D eigenvalue weighted by Crippen LogP contribution is 2.15. The highest BCUT2D eigenvalue weighted by Gasteiger charge is 2.15. The number of carbonyl (C=O) groups excluding carboxylic acids is 1. The van der Waals surface area contributed by atoms with Gasteiger partial charge in [-0.05, 0) is 13.8 Å². The van der Waals surface area contributed by atoms with Crippen LogP contribution in [-0.2, 0) is 13.6 Å². The number of nitrogens with one attached hydrogen (secondary N) is 1. The number of urea groups is 1. The second-order valence-electron chi connectivity index (χ2n) is 4.84. The molecule has 0 spiro atoms. The fraction of sp³-hybridized carbons (Fsp3) is 0.462. The topological polar surface area (TPSA) is 63.1 Å². The van der Waals surface area contributed by atoms with Gasteiger partial charge in [-0.2, -0.15) is 5.10 Å². The van der Waals surface area contributed by atoms with Crippen LogP contribution >= 0.6 is 11.3 Å². The summed E-state index contributed by atoms with van der Waals surface area (Å²) in [7, 11) is 3.64. The first kappa shape index (κ1) is 14.5. The first-order valence-corrected chi connectivity index (χ1v) is 7.24. The van der Waals surface area contributed by atoms with Crippen LogP contribution in [0.15, 0.2) is 17.9 Å². The molecule has 20 heavy (non-hydrogen) atoms. The van der Waals surface area contributed by atoms with Crippen molar-refractivity contribution in [2.24, 2.45) is 7.05 Å². The third-order valence-corrected chi connectivity index (χ3v) is 4.06. The molecule has 2 aromatic heterocycles. The van der Waals surface area contributed by atoms with Crippen molar-refractivity contribution >= 4 is 17.4 Å². The van der Waals surface area contributed by atoms with Gasteiger partial charge in [-0.25, -0.2) is 9.78 Å². The number of aromatic nitrogens is 3. The van der Waals surface area contributed by atoms with Gasteiger partial charge in [0.25, 0.3) is 0 Å². The Morgan fingerprint density at radius 3 is 2.90 bits per heavy atom. The molecular weight excluding hydrogens is 274 g/mol. The van der Waals surface area contributed by atoms with E-state index in [1.54, 1.807) is 39.7 Å². The van der Waals surface area contributed by atoms with Crippen molar-refractivity contribution in [1.29, 1.82) is 0 Å². The highest BCUT2D eigenvalue weighted by molar-refractivity contribution is 7.09. The second-order valence-corrected chi connectivity index (χ2v) is 5.77. The largest absolute Gasteiger partial charge is 0.331 e. The lowest BCUT2D eigenvalue weighted by atomic mass is 10.2. The first-order valence-electron chi connectivity index (χ1n) is 6.36. The zero-order valence-electron chi connectivity index (χ0n) is 12.1. The number of carbonyl (C=O) groups is 1. The van der Waals surface area contributed by atoms with Crippen molar-refractivity contribution in [3.05, 3.63) is 34.0 Å². The fourth-order valence-corrected chi connectivity index (χ4v) is 2.64. The maximum Gasteiger partial charge on any atom is 0.317 e. The molecule has 6 nitrogen and oxygen atoms in total. The van der Waals surface area contributed by atoms with E-state index in [1.165, 1.54) is 0 Å². The molecule has 0 aromatic carbocycles. The van der Waals surface area contributed by atoms with E-state index in [2.05, 4.69) is 15.4 Å². The Bertz CT molecular complexity index is 591. The quantitative estimate of drug-likeness (QED) is 0.939. The van der Waals surface area contributed by atoms with Gasteiger partial charge < -0.3 is 10.2 Å². The number of thiazole rings is 1. The molecule has 0 bridgehead atoms. The summed E-state index contributed by atoms with van der Waals surface area (Å²) in [6.07, 6.45) is 3.66. The van der Waals surface area contributed by atoms with Crippen LogP contribution in [0.4, 0.5) is 4.79 Å². The lowest BCUT2D eigenvalue weighted by Gasteiger charge is -2.20. The van der Waals surface area contributed by atoms with E-state index in [4.69, 9.17) is 0 Å². The van der Waals surface area contributed by atoms with E-state index < -0.39 is 0 Å².